The number of benzene rings is 1. The van der Waals surface area contributed by atoms with Crippen molar-refractivity contribution in [3.05, 3.63) is 17.6 Å². The summed E-state index contributed by atoms with van der Waals surface area (Å²) in [6, 6.07) is 4.02. The van der Waals surface area contributed by atoms with E-state index in [4.69, 9.17) is 5.73 Å². The number of nitrogen functional groups attached to an aromatic ring is 1. The first-order valence-electron chi connectivity index (χ1n) is 6.58. The average Bonchev–Trinajstić information content (AvgIpc) is 2.87. The molecule has 0 aliphatic carbocycles. The third-order valence-corrected chi connectivity index (χ3v) is 4.81. The molecular formula is C14H18N4OS. The predicted molar refractivity (Wildman–Crippen MR) is 83.1 cm³/mol. The smallest absolute Gasteiger partial charge is 0.247 e. The van der Waals surface area contributed by atoms with Gasteiger partial charge in [-0.25, -0.2) is 4.98 Å². The molecule has 0 atom stereocenters. The van der Waals surface area contributed by atoms with Gasteiger partial charge in [-0.05, 0) is 26.0 Å². The van der Waals surface area contributed by atoms with Crippen molar-refractivity contribution in [2.24, 2.45) is 0 Å². The third-order valence-electron chi connectivity index (χ3n) is 4.01. The highest BCUT2D eigenvalue weighted by atomic mass is 32.1. The lowest BCUT2D eigenvalue weighted by Crippen LogP contribution is -2.62. The van der Waals surface area contributed by atoms with Crippen LogP contribution < -0.4 is 10.6 Å². The molecule has 106 valence electrons. The van der Waals surface area contributed by atoms with Crippen LogP contribution in [0.5, 0.6) is 0 Å². The summed E-state index contributed by atoms with van der Waals surface area (Å²) in [6.45, 7) is 5.36. The minimum absolute atomic E-state index is 0.113. The van der Waals surface area contributed by atoms with Gasteiger partial charge in [0, 0.05) is 20.1 Å². The van der Waals surface area contributed by atoms with Crippen molar-refractivity contribution in [3.63, 3.8) is 0 Å². The highest BCUT2D eigenvalue weighted by molar-refractivity contribution is 7.16. The molecule has 0 spiro atoms. The van der Waals surface area contributed by atoms with Gasteiger partial charge in [0.1, 0.15) is 11.1 Å². The van der Waals surface area contributed by atoms with Crippen molar-refractivity contribution in [1.29, 1.82) is 0 Å². The Bertz CT molecular complexity index is 679. The number of nitrogens with two attached hydrogens (primary N) is 1. The van der Waals surface area contributed by atoms with Gasteiger partial charge in [0.05, 0.1) is 21.6 Å². The van der Waals surface area contributed by atoms with E-state index < -0.39 is 5.54 Å². The molecule has 6 heteroatoms. The Morgan fingerprint density at radius 1 is 1.35 bits per heavy atom. The Labute approximate surface area is 122 Å². The van der Waals surface area contributed by atoms with Crippen molar-refractivity contribution in [1.82, 2.24) is 9.88 Å². The number of likely N-dealkylation sites (N-methyl/N-ethyl adjacent to an activating group) is 1. The van der Waals surface area contributed by atoms with Crippen LogP contribution in [0.25, 0.3) is 10.2 Å². The number of thiazole rings is 1. The number of carbonyl (C=O) groups excluding carboxylic acids is 1. The predicted octanol–water partition coefficient (Wildman–Crippen LogP) is 1.94. The highest BCUT2D eigenvalue weighted by Gasteiger charge is 2.41. The van der Waals surface area contributed by atoms with Crippen LogP contribution in [0.4, 0.5) is 11.4 Å². The summed E-state index contributed by atoms with van der Waals surface area (Å²) in [6.07, 6.45) is 0. The molecule has 0 bridgehead atoms. The number of hydrogen-bond donors (Lipinski definition) is 1. The van der Waals surface area contributed by atoms with Crippen LogP contribution in [-0.2, 0) is 4.79 Å². The fraction of sp³-hybridized carbons (Fsp3) is 0.429. The highest BCUT2D eigenvalue weighted by Crippen LogP contribution is 2.37. The first kappa shape index (κ1) is 13.2. The minimum Gasteiger partial charge on any atom is -0.395 e. The van der Waals surface area contributed by atoms with E-state index in [1.807, 2.05) is 33.0 Å². The first-order valence-corrected chi connectivity index (χ1v) is 7.46. The Kier molecular flexibility index (Phi) is 2.86. The van der Waals surface area contributed by atoms with E-state index >= 15 is 0 Å². The van der Waals surface area contributed by atoms with Gasteiger partial charge in [0.2, 0.25) is 5.91 Å². The zero-order valence-corrected chi connectivity index (χ0v) is 12.7. The van der Waals surface area contributed by atoms with E-state index in [1.165, 1.54) is 0 Å². The molecule has 1 aromatic heterocycles. The summed E-state index contributed by atoms with van der Waals surface area (Å²) in [5.74, 6) is 0.113. The average molecular weight is 290 g/mol. The second kappa shape index (κ2) is 4.34. The quantitative estimate of drug-likeness (QED) is 0.815. The number of carbonyl (C=O) groups is 1. The summed E-state index contributed by atoms with van der Waals surface area (Å²) < 4.78 is 1.07. The molecular weight excluding hydrogens is 272 g/mol. The van der Waals surface area contributed by atoms with Gasteiger partial charge in [-0.1, -0.05) is 0 Å². The lowest BCUT2D eigenvalue weighted by molar-refractivity contribution is -0.136. The van der Waals surface area contributed by atoms with Crippen LogP contribution >= 0.6 is 11.3 Å². The standard InChI is InChI=1S/C14H18N4OS/c1-14(2)13(19)17(3)6-7-18(14)9-4-5-10-12(11(9)15)16-8-20-10/h4-5,8H,6-7,15H2,1-3H3. The number of hydrogen-bond acceptors (Lipinski definition) is 5. The van der Waals surface area contributed by atoms with Crippen molar-refractivity contribution in [2.75, 3.05) is 30.8 Å². The lowest BCUT2D eigenvalue weighted by Gasteiger charge is -2.46. The molecule has 20 heavy (non-hydrogen) atoms. The topological polar surface area (TPSA) is 62.5 Å². The third kappa shape index (κ3) is 1.75. The number of amides is 1. The van der Waals surface area contributed by atoms with E-state index in [9.17, 15) is 4.79 Å². The maximum Gasteiger partial charge on any atom is 0.247 e. The molecule has 2 heterocycles. The maximum atomic E-state index is 12.4. The molecule has 5 nitrogen and oxygen atoms in total. The van der Waals surface area contributed by atoms with Crippen molar-refractivity contribution >= 4 is 38.8 Å². The summed E-state index contributed by atoms with van der Waals surface area (Å²) >= 11 is 1.57. The van der Waals surface area contributed by atoms with Gasteiger partial charge in [-0.2, -0.15) is 0 Å². The van der Waals surface area contributed by atoms with Crippen LogP contribution in [0.15, 0.2) is 17.6 Å². The van der Waals surface area contributed by atoms with Crippen LogP contribution in [0.1, 0.15) is 13.8 Å². The molecule has 1 aliphatic heterocycles. The molecule has 1 saturated heterocycles. The van der Waals surface area contributed by atoms with E-state index in [0.717, 1.165) is 22.4 Å². The molecule has 1 aliphatic rings. The molecule has 1 amide bonds. The monoisotopic (exact) mass is 290 g/mol. The Morgan fingerprint density at radius 2 is 2.10 bits per heavy atom. The summed E-state index contributed by atoms with van der Waals surface area (Å²) in [4.78, 5) is 20.6. The van der Waals surface area contributed by atoms with Gasteiger partial charge in [0.25, 0.3) is 0 Å². The van der Waals surface area contributed by atoms with Gasteiger partial charge in [-0.15, -0.1) is 11.3 Å². The van der Waals surface area contributed by atoms with Gasteiger partial charge in [0.15, 0.2) is 0 Å². The van der Waals surface area contributed by atoms with Crippen molar-refractivity contribution in [3.8, 4) is 0 Å². The van der Waals surface area contributed by atoms with Crippen LogP contribution in [0.3, 0.4) is 0 Å². The Hall–Kier alpha value is -1.82. The second-order valence-corrected chi connectivity index (χ2v) is 6.52. The van der Waals surface area contributed by atoms with Crippen molar-refractivity contribution in [2.45, 2.75) is 19.4 Å². The number of nitrogens with zero attached hydrogens (tertiary/aromatic N) is 3. The lowest BCUT2D eigenvalue weighted by atomic mass is 9.96. The molecule has 2 aromatic rings. The SMILES string of the molecule is CN1CCN(c2ccc3scnc3c2N)C(C)(C)C1=O. The minimum atomic E-state index is -0.592. The summed E-state index contributed by atoms with van der Waals surface area (Å²) in [5.41, 5.74) is 9.87. The first-order chi connectivity index (χ1) is 9.43. The number of fused-ring (bicyclic) bond motifs is 1. The Morgan fingerprint density at radius 3 is 2.85 bits per heavy atom. The number of aromatic nitrogens is 1. The number of rotatable bonds is 1. The van der Waals surface area contributed by atoms with Gasteiger partial charge in [-0.3, -0.25) is 4.79 Å². The second-order valence-electron chi connectivity index (χ2n) is 5.63. The van der Waals surface area contributed by atoms with Gasteiger partial charge >= 0.3 is 0 Å². The Balaban J connectivity index is 2.10. The molecule has 0 saturated carbocycles. The fourth-order valence-electron chi connectivity index (χ4n) is 2.81. The summed E-state index contributed by atoms with van der Waals surface area (Å²) in [7, 11) is 1.84. The number of anilines is 2. The largest absolute Gasteiger partial charge is 0.395 e. The zero-order chi connectivity index (χ0) is 14.5. The summed E-state index contributed by atoms with van der Waals surface area (Å²) in [5, 5.41) is 0. The van der Waals surface area contributed by atoms with E-state index in [0.29, 0.717) is 12.2 Å². The molecule has 0 radical (unpaired) electrons. The molecule has 0 unspecified atom stereocenters. The molecule has 1 aromatic carbocycles. The van der Waals surface area contributed by atoms with Crippen LogP contribution in [-0.4, -0.2) is 41.5 Å². The van der Waals surface area contributed by atoms with E-state index in [1.54, 1.807) is 21.7 Å². The molecule has 1 fully saturated rings. The van der Waals surface area contributed by atoms with E-state index in [-0.39, 0.29) is 5.91 Å². The van der Waals surface area contributed by atoms with Crippen LogP contribution in [0, 0.1) is 0 Å². The van der Waals surface area contributed by atoms with Gasteiger partial charge < -0.3 is 15.5 Å². The van der Waals surface area contributed by atoms with Crippen LogP contribution in [0.2, 0.25) is 0 Å². The molecule has 2 N–H and O–H groups in total. The van der Waals surface area contributed by atoms with E-state index in [2.05, 4.69) is 9.88 Å². The van der Waals surface area contributed by atoms with Crippen molar-refractivity contribution < 1.29 is 4.79 Å². The zero-order valence-electron chi connectivity index (χ0n) is 11.9. The fourth-order valence-corrected chi connectivity index (χ4v) is 3.50. The maximum absolute atomic E-state index is 12.4. The number of piperazine rings is 1. The molecule has 3 rings (SSSR count). The normalized spacial score (nSPS) is 18.9.